The predicted octanol–water partition coefficient (Wildman–Crippen LogP) is 2.80. The van der Waals surface area contributed by atoms with Crippen LogP contribution in [0.3, 0.4) is 0 Å². The van der Waals surface area contributed by atoms with Crippen molar-refractivity contribution >= 4 is 0 Å². The van der Waals surface area contributed by atoms with Crippen LogP contribution in [0.25, 0.3) is 0 Å². The molecule has 1 atom stereocenters. The maximum atomic E-state index is 5.50. The Hall–Kier alpha value is -2.07. The van der Waals surface area contributed by atoms with E-state index in [0.29, 0.717) is 6.61 Å². The molecule has 1 unspecified atom stereocenters. The van der Waals surface area contributed by atoms with Gasteiger partial charge in [0.2, 0.25) is 0 Å². The summed E-state index contributed by atoms with van der Waals surface area (Å²) < 4.78 is 10.7. The van der Waals surface area contributed by atoms with Gasteiger partial charge >= 0.3 is 0 Å². The van der Waals surface area contributed by atoms with Crippen LogP contribution in [0, 0.1) is 0 Å². The summed E-state index contributed by atoms with van der Waals surface area (Å²) in [6.07, 6.45) is 3.58. The van der Waals surface area contributed by atoms with Gasteiger partial charge in [0.25, 0.3) is 0 Å². The lowest BCUT2D eigenvalue weighted by Gasteiger charge is -2.18. The first-order valence-electron chi connectivity index (χ1n) is 6.67. The summed E-state index contributed by atoms with van der Waals surface area (Å²) in [5.41, 5.74) is 2.23. The molecule has 20 heavy (non-hydrogen) atoms. The molecule has 2 rings (SSSR count). The van der Waals surface area contributed by atoms with Crippen molar-refractivity contribution in [3.05, 3.63) is 53.9 Å². The SMILES string of the molecule is CCOc1cncc(C(NC)c2ccc(OC)cc2)c1. The molecule has 0 amide bonds. The molecule has 0 aliphatic carbocycles. The van der Waals surface area contributed by atoms with Crippen LogP contribution in [0.2, 0.25) is 0 Å². The highest BCUT2D eigenvalue weighted by atomic mass is 16.5. The van der Waals surface area contributed by atoms with Crippen LogP contribution in [-0.2, 0) is 0 Å². The summed E-state index contributed by atoms with van der Waals surface area (Å²) in [5, 5.41) is 3.31. The van der Waals surface area contributed by atoms with Crippen molar-refractivity contribution in [3.63, 3.8) is 0 Å². The zero-order valence-corrected chi connectivity index (χ0v) is 12.1. The van der Waals surface area contributed by atoms with Gasteiger partial charge in [-0.05, 0) is 43.3 Å². The third kappa shape index (κ3) is 3.27. The summed E-state index contributed by atoms with van der Waals surface area (Å²) in [4.78, 5) is 4.24. The highest BCUT2D eigenvalue weighted by Crippen LogP contribution is 2.25. The van der Waals surface area contributed by atoms with Crippen LogP contribution in [-0.4, -0.2) is 25.7 Å². The van der Waals surface area contributed by atoms with Crippen LogP contribution in [0.4, 0.5) is 0 Å². The second kappa shape index (κ2) is 6.91. The third-order valence-electron chi connectivity index (χ3n) is 3.12. The van der Waals surface area contributed by atoms with Crippen LogP contribution in [0.15, 0.2) is 42.7 Å². The van der Waals surface area contributed by atoms with Gasteiger partial charge in [-0.3, -0.25) is 4.98 Å². The highest BCUT2D eigenvalue weighted by Gasteiger charge is 2.13. The molecule has 0 radical (unpaired) electrons. The Kier molecular flexibility index (Phi) is 4.96. The van der Waals surface area contributed by atoms with E-state index in [2.05, 4.69) is 10.3 Å². The van der Waals surface area contributed by atoms with E-state index in [0.717, 1.165) is 22.6 Å². The Morgan fingerprint density at radius 1 is 1.10 bits per heavy atom. The summed E-state index contributed by atoms with van der Waals surface area (Å²) in [5.74, 6) is 1.64. The van der Waals surface area contributed by atoms with Gasteiger partial charge in [0.15, 0.2) is 0 Å². The van der Waals surface area contributed by atoms with Crippen molar-refractivity contribution < 1.29 is 9.47 Å². The smallest absolute Gasteiger partial charge is 0.137 e. The van der Waals surface area contributed by atoms with E-state index in [4.69, 9.17) is 9.47 Å². The van der Waals surface area contributed by atoms with Crippen molar-refractivity contribution in [2.45, 2.75) is 13.0 Å². The molecule has 0 saturated carbocycles. The van der Waals surface area contributed by atoms with Crippen LogP contribution in [0.5, 0.6) is 11.5 Å². The number of aromatic nitrogens is 1. The van der Waals surface area contributed by atoms with Gasteiger partial charge in [0, 0.05) is 6.20 Å². The van der Waals surface area contributed by atoms with E-state index in [1.165, 1.54) is 0 Å². The summed E-state index contributed by atoms with van der Waals surface area (Å²) in [6.45, 7) is 2.60. The van der Waals surface area contributed by atoms with Crippen LogP contribution >= 0.6 is 0 Å². The molecule has 0 bridgehead atoms. The zero-order valence-electron chi connectivity index (χ0n) is 12.1. The lowest BCUT2D eigenvalue weighted by Crippen LogP contribution is -2.17. The van der Waals surface area contributed by atoms with E-state index < -0.39 is 0 Å². The topological polar surface area (TPSA) is 43.4 Å². The van der Waals surface area contributed by atoms with Crippen molar-refractivity contribution in [3.8, 4) is 11.5 Å². The minimum atomic E-state index is 0.0776. The normalized spacial score (nSPS) is 11.9. The number of nitrogens with one attached hydrogen (secondary N) is 1. The zero-order chi connectivity index (χ0) is 14.4. The van der Waals surface area contributed by atoms with Gasteiger partial charge in [-0.15, -0.1) is 0 Å². The fourth-order valence-electron chi connectivity index (χ4n) is 2.16. The molecule has 1 heterocycles. The van der Waals surface area contributed by atoms with Crippen molar-refractivity contribution in [2.24, 2.45) is 0 Å². The first-order valence-corrected chi connectivity index (χ1v) is 6.67. The van der Waals surface area contributed by atoms with Crippen molar-refractivity contribution in [2.75, 3.05) is 20.8 Å². The van der Waals surface area contributed by atoms with E-state index >= 15 is 0 Å². The largest absolute Gasteiger partial charge is 0.497 e. The van der Waals surface area contributed by atoms with E-state index in [-0.39, 0.29) is 6.04 Å². The maximum absolute atomic E-state index is 5.50. The van der Waals surface area contributed by atoms with Gasteiger partial charge in [-0.2, -0.15) is 0 Å². The molecular formula is C16H20N2O2. The minimum Gasteiger partial charge on any atom is -0.497 e. The third-order valence-corrected chi connectivity index (χ3v) is 3.12. The standard InChI is InChI=1S/C16H20N2O2/c1-4-20-15-9-13(10-18-11-15)16(17-2)12-5-7-14(19-3)8-6-12/h5-11,16-17H,4H2,1-3H3. The average molecular weight is 272 g/mol. The molecule has 0 spiro atoms. The Morgan fingerprint density at radius 2 is 1.85 bits per heavy atom. The molecular weight excluding hydrogens is 252 g/mol. The van der Waals surface area contributed by atoms with Crippen LogP contribution < -0.4 is 14.8 Å². The molecule has 1 aromatic carbocycles. The number of benzene rings is 1. The molecule has 0 aliphatic heterocycles. The number of nitrogens with zero attached hydrogens (tertiary/aromatic N) is 1. The second-order valence-corrected chi connectivity index (χ2v) is 4.38. The molecule has 2 aromatic rings. The molecule has 0 saturated heterocycles. The molecule has 1 aromatic heterocycles. The van der Waals surface area contributed by atoms with Gasteiger partial charge in [0.1, 0.15) is 11.5 Å². The maximum Gasteiger partial charge on any atom is 0.137 e. The average Bonchev–Trinajstić information content (AvgIpc) is 2.49. The first kappa shape index (κ1) is 14.3. The van der Waals surface area contributed by atoms with Gasteiger partial charge < -0.3 is 14.8 Å². The Bertz CT molecular complexity index is 540. The molecule has 0 aliphatic rings. The van der Waals surface area contributed by atoms with Gasteiger partial charge in [-0.1, -0.05) is 12.1 Å². The molecule has 0 fully saturated rings. The molecule has 106 valence electrons. The second-order valence-electron chi connectivity index (χ2n) is 4.38. The summed E-state index contributed by atoms with van der Waals surface area (Å²) in [6, 6.07) is 10.1. The number of rotatable bonds is 6. The fraction of sp³-hybridized carbons (Fsp3) is 0.312. The number of pyridine rings is 1. The quantitative estimate of drug-likeness (QED) is 0.878. The number of ether oxygens (including phenoxy) is 2. The van der Waals surface area contributed by atoms with E-state index in [9.17, 15) is 0 Å². The van der Waals surface area contributed by atoms with Crippen molar-refractivity contribution in [1.82, 2.24) is 10.3 Å². The molecule has 4 heteroatoms. The number of methoxy groups -OCH3 is 1. The molecule has 1 N–H and O–H groups in total. The summed E-state index contributed by atoms with van der Waals surface area (Å²) >= 11 is 0. The van der Waals surface area contributed by atoms with Crippen molar-refractivity contribution in [1.29, 1.82) is 0 Å². The molecule has 4 nitrogen and oxygen atoms in total. The minimum absolute atomic E-state index is 0.0776. The monoisotopic (exact) mass is 272 g/mol. The Labute approximate surface area is 119 Å². The van der Waals surface area contributed by atoms with Gasteiger partial charge in [-0.25, -0.2) is 0 Å². The van der Waals surface area contributed by atoms with E-state index in [1.54, 1.807) is 13.3 Å². The number of hydrogen-bond acceptors (Lipinski definition) is 4. The predicted molar refractivity (Wildman–Crippen MR) is 79.3 cm³/mol. The highest BCUT2D eigenvalue weighted by molar-refractivity contribution is 5.36. The van der Waals surface area contributed by atoms with Gasteiger partial charge in [0.05, 0.1) is 26.0 Å². The number of hydrogen-bond donors (Lipinski definition) is 1. The fourth-order valence-corrected chi connectivity index (χ4v) is 2.16. The lowest BCUT2D eigenvalue weighted by atomic mass is 10.0. The Morgan fingerprint density at radius 3 is 2.45 bits per heavy atom. The Balaban J connectivity index is 2.28. The lowest BCUT2D eigenvalue weighted by molar-refractivity contribution is 0.338. The van der Waals surface area contributed by atoms with E-state index in [1.807, 2.05) is 50.5 Å². The van der Waals surface area contributed by atoms with Crippen LogP contribution in [0.1, 0.15) is 24.1 Å². The first-order chi connectivity index (χ1) is 9.78. The summed E-state index contributed by atoms with van der Waals surface area (Å²) in [7, 11) is 3.60.